The molecule has 0 bridgehead atoms. The van der Waals surface area contributed by atoms with Crippen LogP contribution >= 0.6 is 0 Å². The maximum atomic E-state index is 12.8. The van der Waals surface area contributed by atoms with Gasteiger partial charge in [0.25, 0.3) is 5.69 Å². The highest BCUT2D eigenvalue weighted by Crippen LogP contribution is 2.27. The minimum Gasteiger partial charge on any atom is -0.473 e. The summed E-state index contributed by atoms with van der Waals surface area (Å²) < 4.78 is 33.0. The van der Waals surface area contributed by atoms with Gasteiger partial charge >= 0.3 is 0 Å². The molecule has 9 nitrogen and oxygen atoms in total. The minimum absolute atomic E-state index is 0.0778. The average molecular weight is 414 g/mol. The monoisotopic (exact) mass is 414 g/mol. The molecule has 150 valence electrons. The van der Waals surface area contributed by atoms with Gasteiger partial charge in [-0.3, -0.25) is 10.1 Å². The van der Waals surface area contributed by atoms with E-state index in [2.05, 4.69) is 10.2 Å². The first-order valence-electron chi connectivity index (χ1n) is 9.07. The number of hydrogen-bond donors (Lipinski definition) is 0. The number of nitrogens with zero attached hydrogens (tertiary/aromatic N) is 4. The molecule has 29 heavy (non-hydrogen) atoms. The molecule has 0 radical (unpaired) electrons. The highest BCUT2D eigenvalue weighted by atomic mass is 32.2. The van der Waals surface area contributed by atoms with Crippen molar-refractivity contribution >= 4 is 26.5 Å². The average Bonchev–Trinajstić information content (AvgIpc) is 2.74. The molecular weight excluding hydrogens is 396 g/mol. The van der Waals surface area contributed by atoms with E-state index in [-0.39, 0.29) is 29.8 Å². The SMILES string of the molecule is O=[N+]([O-])c1cccc(S(=O)(=O)N2CCC(Oc3nncc4ccccc34)CC2)c1. The van der Waals surface area contributed by atoms with Crippen LogP contribution in [0.2, 0.25) is 0 Å². The van der Waals surface area contributed by atoms with Crippen LogP contribution in [-0.4, -0.2) is 47.0 Å². The van der Waals surface area contributed by atoms with Gasteiger partial charge in [-0.1, -0.05) is 24.3 Å². The van der Waals surface area contributed by atoms with Gasteiger partial charge in [-0.2, -0.15) is 9.40 Å². The van der Waals surface area contributed by atoms with Gasteiger partial charge in [0.2, 0.25) is 15.9 Å². The second kappa shape index (κ2) is 7.72. The number of nitro groups is 1. The van der Waals surface area contributed by atoms with Crippen LogP contribution in [0.15, 0.2) is 59.6 Å². The lowest BCUT2D eigenvalue weighted by Gasteiger charge is -2.31. The van der Waals surface area contributed by atoms with Gasteiger partial charge in [0.1, 0.15) is 6.10 Å². The Morgan fingerprint density at radius 3 is 2.62 bits per heavy atom. The van der Waals surface area contributed by atoms with E-state index in [1.165, 1.54) is 22.5 Å². The number of non-ortho nitro benzene ring substituents is 1. The maximum absolute atomic E-state index is 12.8. The lowest BCUT2D eigenvalue weighted by atomic mass is 10.1. The molecule has 4 rings (SSSR count). The normalized spacial score (nSPS) is 16.0. The van der Waals surface area contributed by atoms with Crippen molar-refractivity contribution in [2.75, 3.05) is 13.1 Å². The van der Waals surface area contributed by atoms with Crippen molar-refractivity contribution < 1.29 is 18.1 Å². The lowest BCUT2D eigenvalue weighted by molar-refractivity contribution is -0.385. The molecule has 0 N–H and O–H groups in total. The van der Waals surface area contributed by atoms with E-state index in [0.29, 0.717) is 18.7 Å². The van der Waals surface area contributed by atoms with E-state index >= 15 is 0 Å². The first-order valence-corrected chi connectivity index (χ1v) is 10.5. The van der Waals surface area contributed by atoms with Gasteiger partial charge in [-0.25, -0.2) is 8.42 Å². The molecule has 1 saturated heterocycles. The van der Waals surface area contributed by atoms with E-state index in [1.807, 2.05) is 24.3 Å². The van der Waals surface area contributed by atoms with Gasteiger partial charge in [-0.05, 0) is 25.0 Å². The standard InChI is InChI=1S/C19H18N4O5S/c24-23(25)15-5-3-6-17(12-15)29(26,27)22-10-8-16(9-11-22)28-19-18-7-2-1-4-14(18)13-20-21-19/h1-7,12-13,16H,8-11H2. The molecule has 0 amide bonds. The molecule has 1 aliphatic rings. The number of aromatic nitrogens is 2. The van der Waals surface area contributed by atoms with Crippen LogP contribution in [0.5, 0.6) is 5.88 Å². The smallest absolute Gasteiger partial charge is 0.270 e. The molecule has 0 unspecified atom stereocenters. The molecule has 1 aromatic heterocycles. The number of nitro benzene ring substituents is 1. The number of fused-ring (bicyclic) bond motifs is 1. The maximum Gasteiger partial charge on any atom is 0.270 e. The quantitative estimate of drug-likeness (QED) is 0.465. The number of piperidine rings is 1. The molecule has 0 atom stereocenters. The third-order valence-electron chi connectivity index (χ3n) is 4.88. The van der Waals surface area contributed by atoms with Gasteiger partial charge < -0.3 is 4.74 Å². The van der Waals surface area contributed by atoms with Gasteiger partial charge in [0, 0.05) is 36.0 Å². The van der Waals surface area contributed by atoms with E-state index in [0.717, 1.165) is 16.8 Å². The summed E-state index contributed by atoms with van der Waals surface area (Å²) in [6.07, 6.45) is 2.45. The van der Waals surface area contributed by atoms with E-state index in [4.69, 9.17) is 4.74 Å². The molecule has 0 spiro atoms. The van der Waals surface area contributed by atoms with Crippen molar-refractivity contribution in [3.8, 4) is 5.88 Å². The van der Waals surface area contributed by atoms with Crippen LogP contribution in [-0.2, 0) is 10.0 Å². The predicted octanol–water partition coefficient (Wildman–Crippen LogP) is 2.77. The number of hydrogen-bond acceptors (Lipinski definition) is 7. The summed E-state index contributed by atoms with van der Waals surface area (Å²) in [5.41, 5.74) is -0.251. The first-order chi connectivity index (χ1) is 13.9. The van der Waals surface area contributed by atoms with Crippen LogP contribution in [0.25, 0.3) is 10.8 Å². The summed E-state index contributed by atoms with van der Waals surface area (Å²) in [5, 5.41) is 20.7. The first kappa shape index (κ1) is 19.2. The minimum atomic E-state index is -3.80. The van der Waals surface area contributed by atoms with Crippen LogP contribution < -0.4 is 4.74 Å². The third kappa shape index (κ3) is 3.89. The molecule has 2 aromatic carbocycles. The van der Waals surface area contributed by atoms with Crippen molar-refractivity contribution in [2.45, 2.75) is 23.8 Å². The summed E-state index contributed by atoms with van der Waals surface area (Å²) in [7, 11) is -3.80. The summed E-state index contributed by atoms with van der Waals surface area (Å²) in [6, 6.07) is 12.7. The Morgan fingerprint density at radius 2 is 1.86 bits per heavy atom. The van der Waals surface area contributed by atoms with Crippen molar-refractivity contribution in [3.05, 3.63) is 64.8 Å². The van der Waals surface area contributed by atoms with Gasteiger partial charge in [0.15, 0.2) is 0 Å². The van der Waals surface area contributed by atoms with Gasteiger partial charge in [-0.15, -0.1) is 5.10 Å². The van der Waals surface area contributed by atoms with Crippen molar-refractivity contribution in [1.29, 1.82) is 0 Å². The molecule has 0 saturated carbocycles. The van der Waals surface area contributed by atoms with Crippen LogP contribution in [0.1, 0.15) is 12.8 Å². The van der Waals surface area contributed by atoms with E-state index in [1.54, 1.807) is 6.20 Å². The highest BCUT2D eigenvalue weighted by Gasteiger charge is 2.31. The second-order valence-corrected chi connectivity index (χ2v) is 8.65. The Labute approximate surface area is 167 Å². The largest absolute Gasteiger partial charge is 0.473 e. The summed E-state index contributed by atoms with van der Waals surface area (Å²) >= 11 is 0. The predicted molar refractivity (Wildman–Crippen MR) is 105 cm³/mol. The Bertz CT molecular complexity index is 1150. The highest BCUT2D eigenvalue weighted by molar-refractivity contribution is 7.89. The number of benzene rings is 2. The number of sulfonamides is 1. The zero-order valence-corrected chi connectivity index (χ0v) is 16.2. The topological polar surface area (TPSA) is 116 Å². The Morgan fingerprint density at radius 1 is 1.10 bits per heavy atom. The third-order valence-corrected chi connectivity index (χ3v) is 6.78. The summed E-state index contributed by atoms with van der Waals surface area (Å²) in [6.45, 7) is 0.516. The molecule has 1 fully saturated rings. The lowest BCUT2D eigenvalue weighted by Crippen LogP contribution is -2.41. The van der Waals surface area contributed by atoms with Crippen LogP contribution in [0.4, 0.5) is 5.69 Å². The second-order valence-electron chi connectivity index (χ2n) is 6.71. The zero-order chi connectivity index (χ0) is 20.4. The Hall–Kier alpha value is -3.11. The van der Waals surface area contributed by atoms with E-state index in [9.17, 15) is 18.5 Å². The van der Waals surface area contributed by atoms with Crippen LogP contribution in [0, 0.1) is 10.1 Å². The van der Waals surface area contributed by atoms with Crippen LogP contribution in [0.3, 0.4) is 0 Å². The fourth-order valence-electron chi connectivity index (χ4n) is 3.34. The van der Waals surface area contributed by atoms with Gasteiger partial charge in [0.05, 0.1) is 16.0 Å². The molecule has 1 aliphatic heterocycles. The molecule has 0 aliphatic carbocycles. The summed E-state index contributed by atoms with van der Waals surface area (Å²) in [4.78, 5) is 10.3. The molecule has 3 aromatic rings. The molecule has 2 heterocycles. The van der Waals surface area contributed by atoms with Crippen molar-refractivity contribution in [1.82, 2.24) is 14.5 Å². The summed E-state index contributed by atoms with van der Waals surface area (Å²) in [5.74, 6) is 0.433. The molecular formula is C19H18N4O5S. The number of rotatable bonds is 5. The Balaban J connectivity index is 1.46. The zero-order valence-electron chi connectivity index (χ0n) is 15.3. The number of ether oxygens (including phenoxy) is 1. The van der Waals surface area contributed by atoms with Crippen molar-refractivity contribution in [2.24, 2.45) is 0 Å². The Kier molecular flexibility index (Phi) is 5.12. The van der Waals surface area contributed by atoms with Crippen molar-refractivity contribution in [3.63, 3.8) is 0 Å². The fourth-order valence-corrected chi connectivity index (χ4v) is 4.85. The van der Waals surface area contributed by atoms with E-state index < -0.39 is 14.9 Å². The molecule has 10 heteroatoms. The fraction of sp³-hybridized carbons (Fsp3) is 0.263.